The topological polar surface area (TPSA) is 99.2 Å². The van der Waals surface area contributed by atoms with Crippen LogP contribution in [0.5, 0.6) is 0 Å². The van der Waals surface area contributed by atoms with Gasteiger partial charge in [-0.3, -0.25) is 4.79 Å². The Morgan fingerprint density at radius 3 is 2.76 bits per heavy atom. The van der Waals surface area contributed by atoms with E-state index in [-0.39, 0.29) is 17.7 Å². The Bertz CT molecular complexity index is 306. The van der Waals surface area contributed by atoms with Crippen LogP contribution >= 0.6 is 0 Å². The van der Waals surface area contributed by atoms with Gasteiger partial charge in [-0.2, -0.15) is 0 Å². The number of oxime groups is 1. The zero-order chi connectivity index (χ0) is 13.0. The second-order valence-corrected chi connectivity index (χ2v) is 4.60. The van der Waals surface area contributed by atoms with Crippen molar-refractivity contribution in [3.63, 3.8) is 0 Å². The Morgan fingerprint density at radius 2 is 2.29 bits per heavy atom. The van der Waals surface area contributed by atoms with Crippen LogP contribution in [0.15, 0.2) is 5.16 Å². The third-order valence-electron chi connectivity index (χ3n) is 3.41. The number of piperidine rings is 1. The molecule has 0 saturated carbocycles. The van der Waals surface area contributed by atoms with Crippen LogP contribution in [0.3, 0.4) is 0 Å². The van der Waals surface area contributed by atoms with Crippen LogP contribution in [-0.4, -0.2) is 46.1 Å². The van der Waals surface area contributed by atoms with Crippen molar-refractivity contribution in [1.29, 1.82) is 0 Å². The first-order chi connectivity index (χ1) is 8.01. The summed E-state index contributed by atoms with van der Waals surface area (Å²) in [4.78, 5) is 13.7. The fourth-order valence-corrected chi connectivity index (χ4v) is 2.05. The molecule has 6 heteroatoms. The molecule has 3 atom stereocenters. The molecular formula is C11H21N3O3. The van der Waals surface area contributed by atoms with E-state index in [0.717, 1.165) is 6.42 Å². The summed E-state index contributed by atoms with van der Waals surface area (Å²) in [6.45, 7) is 4.72. The van der Waals surface area contributed by atoms with Crippen molar-refractivity contribution in [2.75, 3.05) is 13.1 Å². The van der Waals surface area contributed by atoms with E-state index in [4.69, 9.17) is 10.9 Å². The first-order valence-electron chi connectivity index (χ1n) is 5.95. The highest BCUT2D eigenvalue weighted by Gasteiger charge is 2.32. The summed E-state index contributed by atoms with van der Waals surface area (Å²) in [7, 11) is 0. The largest absolute Gasteiger partial charge is 0.409 e. The summed E-state index contributed by atoms with van der Waals surface area (Å²) in [6, 6.07) is 0. The van der Waals surface area contributed by atoms with Crippen LogP contribution in [0.1, 0.15) is 26.7 Å². The molecule has 1 aliphatic heterocycles. The number of amides is 1. The summed E-state index contributed by atoms with van der Waals surface area (Å²) in [6.07, 6.45) is 0.772. The first-order valence-corrected chi connectivity index (χ1v) is 5.95. The molecule has 1 fully saturated rings. The smallest absolute Gasteiger partial charge is 0.233 e. The van der Waals surface area contributed by atoms with Crippen molar-refractivity contribution in [2.45, 2.75) is 32.8 Å². The average Bonchev–Trinajstić information content (AvgIpc) is 2.33. The number of hydrogen-bond donors (Lipinski definition) is 3. The molecule has 98 valence electrons. The lowest BCUT2D eigenvalue weighted by molar-refractivity contribution is -0.137. The average molecular weight is 243 g/mol. The normalized spacial score (nSPS) is 27.9. The number of nitrogens with two attached hydrogens (primary N) is 1. The number of nitrogens with zero attached hydrogens (tertiary/aromatic N) is 2. The molecule has 0 aromatic rings. The summed E-state index contributed by atoms with van der Waals surface area (Å²) in [5.41, 5.74) is 5.49. The Labute approximate surface area is 101 Å². The molecule has 0 radical (unpaired) electrons. The van der Waals surface area contributed by atoms with Crippen LogP contribution < -0.4 is 5.73 Å². The number of β-amino-alcohol motifs (C(OH)–C–C–N with tert-alkyl or cyclic N) is 1. The van der Waals surface area contributed by atoms with Crippen LogP contribution in [0.25, 0.3) is 0 Å². The Kier molecular flexibility index (Phi) is 4.74. The monoisotopic (exact) mass is 243 g/mol. The number of likely N-dealkylation sites (tertiary alicyclic amines) is 1. The van der Waals surface area contributed by atoms with E-state index in [1.807, 2.05) is 13.8 Å². The molecule has 0 aromatic carbocycles. The SMILES string of the molecule is CCC(C(=O)N1CCC(C)C(O)C1)C(N)=NO. The maximum Gasteiger partial charge on any atom is 0.233 e. The van der Waals surface area contributed by atoms with Gasteiger partial charge in [-0.25, -0.2) is 0 Å². The molecule has 1 saturated heterocycles. The molecular weight excluding hydrogens is 222 g/mol. The zero-order valence-electron chi connectivity index (χ0n) is 10.3. The standard InChI is InChI=1S/C11H21N3O3/c1-3-8(10(12)13-17)11(16)14-5-4-7(2)9(15)6-14/h7-9,15,17H,3-6H2,1-2H3,(H2,12,13). The van der Waals surface area contributed by atoms with E-state index in [1.165, 1.54) is 0 Å². The highest BCUT2D eigenvalue weighted by molar-refractivity contribution is 6.02. The van der Waals surface area contributed by atoms with Crippen LogP contribution in [-0.2, 0) is 4.79 Å². The molecule has 1 rings (SSSR count). The van der Waals surface area contributed by atoms with Crippen molar-refractivity contribution in [1.82, 2.24) is 4.90 Å². The lowest BCUT2D eigenvalue weighted by Gasteiger charge is -2.35. The third kappa shape index (κ3) is 3.09. The Morgan fingerprint density at radius 1 is 1.65 bits per heavy atom. The van der Waals surface area contributed by atoms with Crippen molar-refractivity contribution in [3.05, 3.63) is 0 Å². The predicted octanol–water partition coefficient (Wildman–Crippen LogP) is -0.0117. The van der Waals surface area contributed by atoms with Gasteiger partial charge in [-0.15, -0.1) is 0 Å². The van der Waals surface area contributed by atoms with E-state index in [9.17, 15) is 9.90 Å². The summed E-state index contributed by atoms with van der Waals surface area (Å²) < 4.78 is 0. The van der Waals surface area contributed by atoms with Gasteiger partial charge in [0.05, 0.1) is 12.0 Å². The maximum absolute atomic E-state index is 12.1. The highest BCUT2D eigenvalue weighted by atomic mass is 16.4. The van der Waals surface area contributed by atoms with E-state index in [2.05, 4.69) is 5.16 Å². The molecule has 17 heavy (non-hydrogen) atoms. The molecule has 4 N–H and O–H groups in total. The van der Waals surface area contributed by atoms with Crippen molar-refractivity contribution in [2.24, 2.45) is 22.7 Å². The highest BCUT2D eigenvalue weighted by Crippen LogP contribution is 2.19. The van der Waals surface area contributed by atoms with Crippen LogP contribution in [0.4, 0.5) is 0 Å². The van der Waals surface area contributed by atoms with Gasteiger partial charge in [-0.1, -0.05) is 19.0 Å². The predicted molar refractivity (Wildman–Crippen MR) is 63.6 cm³/mol. The number of amidine groups is 1. The van der Waals surface area contributed by atoms with Crippen molar-refractivity contribution >= 4 is 11.7 Å². The van der Waals surface area contributed by atoms with Gasteiger partial charge in [0.25, 0.3) is 0 Å². The van der Waals surface area contributed by atoms with Gasteiger partial charge in [0.2, 0.25) is 5.91 Å². The van der Waals surface area contributed by atoms with Crippen LogP contribution in [0, 0.1) is 11.8 Å². The fourth-order valence-electron chi connectivity index (χ4n) is 2.05. The summed E-state index contributed by atoms with van der Waals surface area (Å²) in [5.74, 6) is -0.622. The number of rotatable bonds is 3. The third-order valence-corrected chi connectivity index (χ3v) is 3.41. The van der Waals surface area contributed by atoms with Gasteiger partial charge in [-0.05, 0) is 18.8 Å². The van der Waals surface area contributed by atoms with Gasteiger partial charge >= 0.3 is 0 Å². The fraction of sp³-hybridized carbons (Fsp3) is 0.818. The number of aliphatic hydroxyl groups excluding tert-OH is 1. The van der Waals surface area contributed by atoms with Crippen molar-refractivity contribution < 1.29 is 15.1 Å². The molecule has 3 unspecified atom stereocenters. The van der Waals surface area contributed by atoms with E-state index < -0.39 is 12.0 Å². The number of aliphatic hydroxyl groups is 1. The van der Waals surface area contributed by atoms with E-state index >= 15 is 0 Å². The Balaban J connectivity index is 2.69. The molecule has 6 nitrogen and oxygen atoms in total. The minimum Gasteiger partial charge on any atom is -0.409 e. The molecule has 0 spiro atoms. The molecule has 0 aliphatic carbocycles. The maximum atomic E-state index is 12.1. The second-order valence-electron chi connectivity index (χ2n) is 4.60. The molecule has 0 bridgehead atoms. The number of hydrogen-bond acceptors (Lipinski definition) is 4. The summed E-state index contributed by atoms with van der Waals surface area (Å²) in [5, 5.41) is 21.3. The van der Waals surface area contributed by atoms with Gasteiger partial charge in [0, 0.05) is 13.1 Å². The molecule has 1 amide bonds. The molecule has 1 aliphatic rings. The second kappa shape index (κ2) is 5.86. The lowest BCUT2D eigenvalue weighted by atomic mass is 9.94. The Hall–Kier alpha value is -1.30. The first kappa shape index (κ1) is 13.8. The minimum atomic E-state index is -0.597. The molecule has 1 heterocycles. The van der Waals surface area contributed by atoms with E-state index in [0.29, 0.717) is 19.5 Å². The van der Waals surface area contributed by atoms with E-state index in [1.54, 1.807) is 4.90 Å². The summed E-state index contributed by atoms with van der Waals surface area (Å²) >= 11 is 0. The van der Waals surface area contributed by atoms with Crippen LogP contribution in [0.2, 0.25) is 0 Å². The minimum absolute atomic E-state index is 0.0642. The van der Waals surface area contributed by atoms with Gasteiger partial charge < -0.3 is 20.9 Å². The quantitative estimate of drug-likeness (QED) is 0.281. The zero-order valence-corrected chi connectivity index (χ0v) is 10.3. The van der Waals surface area contributed by atoms with Crippen molar-refractivity contribution in [3.8, 4) is 0 Å². The number of carbonyl (C=O) groups excluding carboxylic acids is 1. The molecule has 0 aromatic heterocycles. The van der Waals surface area contributed by atoms with Gasteiger partial charge in [0.1, 0.15) is 0 Å². The van der Waals surface area contributed by atoms with Gasteiger partial charge in [0.15, 0.2) is 5.84 Å². The number of carbonyl (C=O) groups is 1. The lowest BCUT2D eigenvalue weighted by Crippen LogP contribution is -2.50.